The van der Waals surface area contributed by atoms with Gasteiger partial charge in [0.25, 0.3) is 5.91 Å². The van der Waals surface area contributed by atoms with E-state index in [-0.39, 0.29) is 18.4 Å². The van der Waals surface area contributed by atoms with Gasteiger partial charge in [-0.25, -0.2) is 9.18 Å². The highest BCUT2D eigenvalue weighted by Gasteiger charge is 2.20. The number of nitrogens with one attached hydrogen (secondary N) is 1. The fraction of sp³-hybridized carbons (Fsp3) is 0.308. The van der Waals surface area contributed by atoms with Crippen LogP contribution in [0, 0.1) is 17.1 Å². The maximum atomic E-state index is 12.7. The van der Waals surface area contributed by atoms with E-state index in [0.29, 0.717) is 6.42 Å². The molecule has 1 amide bonds. The molecule has 0 radical (unpaired) electrons. The van der Waals surface area contributed by atoms with Gasteiger partial charge < -0.3 is 10.4 Å². The molecule has 0 aromatic heterocycles. The maximum Gasteiger partial charge on any atom is 0.326 e. The van der Waals surface area contributed by atoms with Crippen LogP contribution in [-0.2, 0) is 4.79 Å². The quantitative estimate of drug-likeness (QED) is 0.765. The van der Waals surface area contributed by atoms with Gasteiger partial charge in [0.05, 0.1) is 6.07 Å². The Morgan fingerprint density at radius 3 is 2.53 bits per heavy atom. The minimum absolute atomic E-state index is 0.176. The second kappa shape index (κ2) is 7.11. The average Bonchev–Trinajstić information content (AvgIpc) is 2.38. The molecule has 6 heteroatoms. The van der Waals surface area contributed by atoms with Crippen LogP contribution in [0.15, 0.2) is 24.3 Å². The molecule has 0 aliphatic rings. The number of rotatable bonds is 6. The van der Waals surface area contributed by atoms with Crippen LogP contribution in [0.5, 0.6) is 0 Å². The Kier molecular flexibility index (Phi) is 5.48. The number of carboxylic acids is 1. The number of benzene rings is 1. The molecule has 0 bridgehead atoms. The van der Waals surface area contributed by atoms with Crippen LogP contribution >= 0.6 is 0 Å². The zero-order valence-electron chi connectivity index (χ0n) is 10.1. The Balaban J connectivity index is 2.63. The summed E-state index contributed by atoms with van der Waals surface area (Å²) in [4.78, 5) is 22.7. The topological polar surface area (TPSA) is 90.2 Å². The van der Waals surface area contributed by atoms with Crippen molar-refractivity contribution in [2.45, 2.75) is 25.3 Å². The second-order valence-corrected chi connectivity index (χ2v) is 3.92. The molecule has 19 heavy (non-hydrogen) atoms. The third-order valence-electron chi connectivity index (χ3n) is 2.49. The molecule has 0 heterocycles. The number of nitrogens with zero attached hydrogens (tertiary/aromatic N) is 1. The number of unbranched alkanes of at least 4 members (excludes halogenated alkanes) is 1. The minimum atomic E-state index is -1.16. The first kappa shape index (κ1) is 14.6. The molecule has 0 spiro atoms. The van der Waals surface area contributed by atoms with Gasteiger partial charge >= 0.3 is 5.97 Å². The van der Waals surface area contributed by atoms with Crippen molar-refractivity contribution in [2.24, 2.45) is 0 Å². The van der Waals surface area contributed by atoms with E-state index >= 15 is 0 Å². The number of carbonyl (C=O) groups is 2. The van der Waals surface area contributed by atoms with Crippen molar-refractivity contribution in [3.63, 3.8) is 0 Å². The second-order valence-electron chi connectivity index (χ2n) is 3.92. The van der Waals surface area contributed by atoms with Gasteiger partial charge in [0.2, 0.25) is 0 Å². The number of hydrogen-bond donors (Lipinski definition) is 2. The van der Waals surface area contributed by atoms with Crippen LogP contribution < -0.4 is 5.32 Å². The third kappa shape index (κ3) is 4.76. The molecule has 1 aromatic rings. The molecular formula is C13H13FN2O3. The molecule has 0 unspecified atom stereocenters. The zero-order valence-corrected chi connectivity index (χ0v) is 10.1. The molecule has 2 N–H and O–H groups in total. The number of hydrogen-bond acceptors (Lipinski definition) is 3. The number of carboxylic acid groups (broad SMARTS) is 1. The lowest BCUT2D eigenvalue weighted by Gasteiger charge is -2.13. The normalized spacial score (nSPS) is 11.4. The lowest BCUT2D eigenvalue weighted by atomic mass is 10.1. The summed E-state index contributed by atoms with van der Waals surface area (Å²) in [5.74, 6) is -2.21. The predicted molar refractivity (Wildman–Crippen MR) is 64.8 cm³/mol. The van der Waals surface area contributed by atoms with E-state index in [1.165, 1.54) is 12.1 Å². The SMILES string of the molecule is N#CCCC[C@@H](NC(=O)c1ccc(F)cc1)C(=O)O. The van der Waals surface area contributed by atoms with E-state index in [2.05, 4.69) is 5.32 Å². The Hall–Kier alpha value is -2.42. The summed E-state index contributed by atoms with van der Waals surface area (Å²) < 4.78 is 12.7. The lowest BCUT2D eigenvalue weighted by molar-refractivity contribution is -0.139. The van der Waals surface area contributed by atoms with Crippen molar-refractivity contribution in [1.82, 2.24) is 5.32 Å². The number of halogens is 1. The van der Waals surface area contributed by atoms with Crippen molar-refractivity contribution >= 4 is 11.9 Å². The molecule has 0 saturated heterocycles. The highest BCUT2D eigenvalue weighted by molar-refractivity contribution is 5.96. The van der Waals surface area contributed by atoms with Crippen LogP contribution in [0.4, 0.5) is 4.39 Å². The van der Waals surface area contributed by atoms with Gasteiger partial charge in [-0.15, -0.1) is 0 Å². The van der Waals surface area contributed by atoms with Gasteiger partial charge in [0, 0.05) is 12.0 Å². The maximum absolute atomic E-state index is 12.7. The van der Waals surface area contributed by atoms with Gasteiger partial charge in [-0.2, -0.15) is 5.26 Å². The molecule has 1 rings (SSSR count). The van der Waals surface area contributed by atoms with E-state index in [0.717, 1.165) is 12.1 Å². The predicted octanol–water partition coefficient (Wildman–Crippen LogP) is 1.70. The van der Waals surface area contributed by atoms with Gasteiger partial charge in [-0.05, 0) is 37.1 Å². The first-order chi connectivity index (χ1) is 9.04. The van der Waals surface area contributed by atoms with Crippen LogP contribution in [0.25, 0.3) is 0 Å². The molecular weight excluding hydrogens is 251 g/mol. The fourth-order valence-electron chi connectivity index (χ4n) is 1.49. The van der Waals surface area contributed by atoms with E-state index < -0.39 is 23.7 Å². The molecule has 1 aromatic carbocycles. The summed E-state index contributed by atoms with van der Waals surface area (Å²) in [6.07, 6.45) is 0.795. The Morgan fingerprint density at radius 2 is 2.00 bits per heavy atom. The molecule has 100 valence electrons. The van der Waals surface area contributed by atoms with Crippen LogP contribution in [0.1, 0.15) is 29.6 Å². The van der Waals surface area contributed by atoms with E-state index in [1.807, 2.05) is 6.07 Å². The Bertz CT molecular complexity index is 494. The highest BCUT2D eigenvalue weighted by Crippen LogP contribution is 2.05. The van der Waals surface area contributed by atoms with Crippen molar-refractivity contribution < 1.29 is 19.1 Å². The van der Waals surface area contributed by atoms with Crippen LogP contribution in [0.2, 0.25) is 0 Å². The monoisotopic (exact) mass is 264 g/mol. The number of aliphatic carboxylic acids is 1. The van der Waals surface area contributed by atoms with Crippen molar-refractivity contribution in [2.75, 3.05) is 0 Å². The van der Waals surface area contributed by atoms with Crippen LogP contribution in [0.3, 0.4) is 0 Å². The van der Waals surface area contributed by atoms with Crippen LogP contribution in [-0.4, -0.2) is 23.0 Å². The largest absolute Gasteiger partial charge is 0.480 e. The standard InChI is InChI=1S/C13H13FN2O3/c14-10-6-4-9(5-7-10)12(17)16-11(13(18)19)3-1-2-8-15/h4-7,11H,1-3H2,(H,16,17)(H,18,19)/t11-/m1/s1. The molecule has 0 aliphatic carbocycles. The van der Waals surface area contributed by atoms with Crippen molar-refractivity contribution in [3.05, 3.63) is 35.6 Å². The first-order valence-electron chi connectivity index (χ1n) is 5.70. The first-order valence-corrected chi connectivity index (χ1v) is 5.70. The van der Waals surface area contributed by atoms with E-state index in [9.17, 15) is 14.0 Å². The number of amides is 1. The van der Waals surface area contributed by atoms with Crippen molar-refractivity contribution in [1.29, 1.82) is 5.26 Å². The molecule has 0 aliphatic heterocycles. The van der Waals surface area contributed by atoms with E-state index in [1.54, 1.807) is 0 Å². The smallest absolute Gasteiger partial charge is 0.326 e. The summed E-state index contributed by atoms with van der Waals surface area (Å²) >= 11 is 0. The third-order valence-corrected chi connectivity index (χ3v) is 2.49. The fourth-order valence-corrected chi connectivity index (χ4v) is 1.49. The van der Waals surface area contributed by atoms with Gasteiger partial charge in [-0.1, -0.05) is 0 Å². The summed E-state index contributed by atoms with van der Waals surface area (Å²) in [5, 5.41) is 19.7. The van der Waals surface area contributed by atoms with E-state index in [4.69, 9.17) is 10.4 Å². The van der Waals surface area contributed by atoms with Gasteiger partial charge in [-0.3, -0.25) is 4.79 Å². The summed E-state index contributed by atoms with van der Waals surface area (Å²) in [6.45, 7) is 0. The average molecular weight is 264 g/mol. The minimum Gasteiger partial charge on any atom is -0.480 e. The molecule has 0 saturated carbocycles. The lowest BCUT2D eigenvalue weighted by Crippen LogP contribution is -2.40. The summed E-state index contributed by atoms with van der Waals surface area (Å²) in [7, 11) is 0. The van der Waals surface area contributed by atoms with Gasteiger partial charge in [0.1, 0.15) is 11.9 Å². The van der Waals surface area contributed by atoms with Gasteiger partial charge in [0.15, 0.2) is 0 Å². The molecule has 5 nitrogen and oxygen atoms in total. The molecule has 0 fully saturated rings. The molecule has 1 atom stereocenters. The highest BCUT2D eigenvalue weighted by atomic mass is 19.1. The van der Waals surface area contributed by atoms with Crippen molar-refractivity contribution in [3.8, 4) is 6.07 Å². The Labute approximate surface area is 109 Å². The zero-order chi connectivity index (χ0) is 14.3. The number of nitriles is 1. The number of carbonyl (C=O) groups excluding carboxylic acids is 1. The summed E-state index contributed by atoms with van der Waals surface area (Å²) in [6, 6.07) is 5.66. The summed E-state index contributed by atoms with van der Waals surface area (Å²) in [5.41, 5.74) is 0.188. The Morgan fingerprint density at radius 1 is 1.37 bits per heavy atom.